The number of nitrogens with zero attached hydrogens (tertiary/aromatic N) is 1. The number of carbonyl (C=O) groups excluding carboxylic acids is 1. The molecule has 0 spiro atoms. The van der Waals surface area contributed by atoms with Crippen LogP contribution in [0, 0.1) is 0 Å². The minimum Gasteiger partial charge on any atom is -0.465 e. The zero-order valence-electron chi connectivity index (χ0n) is 7.63. The highest BCUT2D eigenvalue weighted by Gasteiger charge is 2.25. The first-order valence-electron chi connectivity index (χ1n) is 3.79. The minimum absolute atomic E-state index is 0.320. The van der Waals surface area contributed by atoms with Gasteiger partial charge in [0.2, 0.25) is 0 Å². The normalized spacial score (nSPS) is 10.5. The van der Waals surface area contributed by atoms with Crippen LogP contribution >= 0.6 is 11.6 Å². The van der Waals surface area contributed by atoms with Crippen molar-refractivity contribution < 1.29 is 18.3 Å². The number of aromatic nitrogens is 1. The van der Waals surface area contributed by atoms with Crippen molar-refractivity contribution in [1.82, 2.24) is 4.98 Å². The van der Waals surface area contributed by atoms with Crippen LogP contribution in [0.15, 0.2) is 6.20 Å². The second-order valence-electron chi connectivity index (χ2n) is 2.57. The number of nitrogen functional groups attached to an aromatic ring is 1. The number of methoxy groups -OCH3 is 1. The maximum absolute atomic E-state index is 12.6. The molecular weight excluding hydrogens is 230 g/mol. The second kappa shape index (κ2) is 4.39. The van der Waals surface area contributed by atoms with Gasteiger partial charge in [0.25, 0.3) is 6.43 Å². The van der Waals surface area contributed by atoms with Crippen molar-refractivity contribution in [2.75, 3.05) is 12.8 Å². The Bertz CT molecular complexity index is 398. The summed E-state index contributed by atoms with van der Waals surface area (Å²) in [5.41, 5.74) is 4.16. The van der Waals surface area contributed by atoms with Crippen LogP contribution < -0.4 is 5.73 Å². The topological polar surface area (TPSA) is 65.2 Å². The molecule has 0 aliphatic heterocycles. The molecule has 7 heteroatoms. The van der Waals surface area contributed by atoms with Gasteiger partial charge in [0.05, 0.1) is 17.7 Å². The lowest BCUT2D eigenvalue weighted by Gasteiger charge is -2.10. The predicted molar refractivity (Wildman–Crippen MR) is 50.0 cm³/mol. The van der Waals surface area contributed by atoms with Crippen LogP contribution in [0.1, 0.15) is 22.3 Å². The van der Waals surface area contributed by atoms with Crippen LogP contribution in [0.2, 0.25) is 5.02 Å². The van der Waals surface area contributed by atoms with Crippen molar-refractivity contribution in [3.63, 3.8) is 0 Å². The maximum Gasteiger partial charge on any atom is 0.342 e. The molecule has 0 radical (unpaired) electrons. The quantitative estimate of drug-likeness (QED) is 0.798. The van der Waals surface area contributed by atoms with Crippen LogP contribution in [0.4, 0.5) is 14.6 Å². The van der Waals surface area contributed by atoms with Crippen molar-refractivity contribution >= 4 is 23.4 Å². The van der Waals surface area contributed by atoms with Gasteiger partial charge in [0.15, 0.2) is 0 Å². The lowest BCUT2D eigenvalue weighted by atomic mass is 10.1. The van der Waals surface area contributed by atoms with E-state index in [1.165, 1.54) is 0 Å². The molecule has 0 unspecified atom stereocenters. The van der Waals surface area contributed by atoms with Gasteiger partial charge in [-0.25, -0.2) is 18.6 Å². The first-order valence-corrected chi connectivity index (χ1v) is 4.17. The van der Waals surface area contributed by atoms with Gasteiger partial charge >= 0.3 is 5.97 Å². The molecule has 0 bridgehead atoms. The predicted octanol–water partition coefficient (Wildman–Crippen LogP) is 2.04. The van der Waals surface area contributed by atoms with Crippen molar-refractivity contribution in [2.45, 2.75) is 6.43 Å². The fourth-order valence-electron chi connectivity index (χ4n) is 1.05. The van der Waals surface area contributed by atoms with Crippen LogP contribution in [-0.2, 0) is 4.74 Å². The number of hydrogen-bond acceptors (Lipinski definition) is 4. The SMILES string of the molecule is COC(=O)c1c(N)ncc(Cl)c1C(F)F. The lowest BCUT2D eigenvalue weighted by molar-refractivity contribution is 0.0590. The average Bonchev–Trinajstić information content (AvgIpc) is 2.19. The molecule has 0 fully saturated rings. The van der Waals surface area contributed by atoms with Gasteiger partial charge in [-0.15, -0.1) is 0 Å². The van der Waals surface area contributed by atoms with Crippen LogP contribution in [0.5, 0.6) is 0 Å². The molecule has 15 heavy (non-hydrogen) atoms. The Morgan fingerprint density at radius 3 is 2.73 bits per heavy atom. The van der Waals surface area contributed by atoms with Gasteiger partial charge in [-0.05, 0) is 0 Å². The van der Waals surface area contributed by atoms with Crippen LogP contribution in [-0.4, -0.2) is 18.1 Å². The molecule has 0 saturated heterocycles. The molecule has 0 aliphatic carbocycles. The second-order valence-corrected chi connectivity index (χ2v) is 2.98. The van der Waals surface area contributed by atoms with Crippen molar-refractivity contribution in [2.24, 2.45) is 0 Å². The van der Waals surface area contributed by atoms with Crippen molar-refractivity contribution in [1.29, 1.82) is 0 Å². The van der Waals surface area contributed by atoms with Gasteiger partial charge in [0, 0.05) is 6.20 Å². The Morgan fingerprint density at radius 2 is 2.27 bits per heavy atom. The molecule has 1 aromatic heterocycles. The number of alkyl halides is 2. The highest BCUT2D eigenvalue weighted by Crippen LogP contribution is 2.32. The average molecular weight is 237 g/mol. The number of pyridine rings is 1. The third kappa shape index (κ3) is 2.15. The minimum atomic E-state index is -2.92. The largest absolute Gasteiger partial charge is 0.465 e. The molecule has 0 amide bonds. The Kier molecular flexibility index (Phi) is 3.41. The fraction of sp³-hybridized carbons (Fsp3) is 0.250. The smallest absolute Gasteiger partial charge is 0.342 e. The molecule has 0 atom stereocenters. The summed E-state index contributed by atoms with van der Waals surface area (Å²) < 4.78 is 29.5. The number of halogens is 3. The summed E-state index contributed by atoms with van der Waals surface area (Å²) >= 11 is 5.49. The molecule has 0 aliphatic rings. The molecule has 0 aromatic carbocycles. The third-order valence-electron chi connectivity index (χ3n) is 1.71. The Balaban J connectivity index is 3.45. The zero-order chi connectivity index (χ0) is 11.6. The van der Waals surface area contributed by atoms with Crippen molar-refractivity contribution in [3.05, 3.63) is 22.3 Å². The molecule has 1 aromatic rings. The molecular formula is C8H7ClF2N2O2. The number of carbonyl (C=O) groups is 1. The lowest BCUT2D eigenvalue weighted by Crippen LogP contribution is -2.12. The summed E-state index contributed by atoms with van der Waals surface area (Å²) in [6.45, 7) is 0. The first-order chi connectivity index (χ1) is 6.99. The summed E-state index contributed by atoms with van der Waals surface area (Å²) in [6.07, 6.45) is -1.96. The fourth-order valence-corrected chi connectivity index (χ4v) is 1.27. The summed E-state index contributed by atoms with van der Waals surface area (Å²) in [5, 5.41) is -0.320. The van der Waals surface area contributed by atoms with E-state index in [2.05, 4.69) is 9.72 Å². The van der Waals surface area contributed by atoms with Gasteiger partial charge in [0.1, 0.15) is 11.4 Å². The highest BCUT2D eigenvalue weighted by molar-refractivity contribution is 6.31. The number of ether oxygens (including phenoxy) is 1. The Labute approximate surface area is 89.0 Å². The van der Waals surface area contributed by atoms with E-state index in [4.69, 9.17) is 17.3 Å². The number of anilines is 1. The molecule has 4 nitrogen and oxygen atoms in total. The van der Waals surface area contributed by atoms with E-state index in [1.807, 2.05) is 0 Å². The van der Waals surface area contributed by atoms with E-state index in [-0.39, 0.29) is 10.8 Å². The third-order valence-corrected chi connectivity index (χ3v) is 2.01. The van der Waals surface area contributed by atoms with Crippen LogP contribution in [0.25, 0.3) is 0 Å². The van der Waals surface area contributed by atoms with E-state index >= 15 is 0 Å². The molecule has 2 N–H and O–H groups in total. The van der Waals surface area contributed by atoms with Gasteiger partial charge in [-0.2, -0.15) is 0 Å². The van der Waals surface area contributed by atoms with Crippen molar-refractivity contribution in [3.8, 4) is 0 Å². The monoisotopic (exact) mass is 236 g/mol. The first kappa shape index (κ1) is 11.6. The molecule has 0 saturated carbocycles. The van der Waals surface area contributed by atoms with Gasteiger partial charge in [-0.3, -0.25) is 0 Å². The number of esters is 1. The standard InChI is InChI=1S/C8H7ClF2N2O2/c1-15-8(14)5-4(6(10)11)3(9)2-13-7(5)12/h2,6H,1H3,(H2,12,13). The maximum atomic E-state index is 12.6. The summed E-state index contributed by atoms with van der Waals surface area (Å²) in [6, 6.07) is 0. The van der Waals surface area contributed by atoms with E-state index in [0.29, 0.717) is 0 Å². The van der Waals surface area contributed by atoms with E-state index in [9.17, 15) is 13.6 Å². The highest BCUT2D eigenvalue weighted by atomic mass is 35.5. The van der Waals surface area contributed by atoms with Gasteiger partial charge in [-0.1, -0.05) is 11.6 Å². The Morgan fingerprint density at radius 1 is 1.67 bits per heavy atom. The van der Waals surface area contributed by atoms with Crippen LogP contribution in [0.3, 0.4) is 0 Å². The summed E-state index contributed by atoms with van der Waals surface area (Å²) in [4.78, 5) is 14.7. The summed E-state index contributed by atoms with van der Waals surface area (Å²) in [7, 11) is 1.05. The molecule has 1 rings (SSSR count). The van der Waals surface area contributed by atoms with Gasteiger partial charge < -0.3 is 10.5 Å². The van der Waals surface area contributed by atoms with E-state index in [0.717, 1.165) is 13.3 Å². The zero-order valence-corrected chi connectivity index (χ0v) is 8.39. The summed E-state index contributed by atoms with van der Waals surface area (Å²) in [5.74, 6) is -1.32. The Hall–Kier alpha value is -1.43. The number of hydrogen-bond donors (Lipinski definition) is 1. The van der Waals surface area contributed by atoms with E-state index < -0.39 is 23.5 Å². The molecule has 82 valence electrons. The number of nitrogens with two attached hydrogens (primary N) is 1. The molecule has 1 heterocycles. The number of rotatable bonds is 2. The van der Waals surface area contributed by atoms with E-state index in [1.54, 1.807) is 0 Å².